The van der Waals surface area contributed by atoms with Gasteiger partial charge in [0, 0.05) is 72.4 Å². The second kappa shape index (κ2) is 21.8. The molecule has 0 saturated heterocycles. The van der Waals surface area contributed by atoms with Gasteiger partial charge in [0.05, 0.1) is 59.8 Å². The highest BCUT2D eigenvalue weighted by atomic mass is 79.9. The van der Waals surface area contributed by atoms with Crippen LogP contribution in [0, 0.1) is 0 Å². The Morgan fingerprint density at radius 3 is 1.47 bits per heavy atom. The molecule has 2 aromatic heterocycles. The number of hydrogen-bond acceptors (Lipinski definition) is 8. The van der Waals surface area contributed by atoms with Crippen molar-refractivity contribution >= 4 is 87.0 Å². The topological polar surface area (TPSA) is 165 Å². The van der Waals surface area contributed by atoms with Crippen LogP contribution in [0.3, 0.4) is 0 Å². The first-order valence-corrected chi connectivity index (χ1v) is 30.0. The zero-order valence-electron chi connectivity index (χ0n) is 42.3. The Labute approximate surface area is 462 Å². The lowest BCUT2D eigenvalue weighted by molar-refractivity contribution is 0.0616. The number of rotatable bonds is 8. The van der Waals surface area contributed by atoms with E-state index in [1.54, 1.807) is 69.7 Å². The third-order valence-corrected chi connectivity index (χ3v) is 21.8. The summed E-state index contributed by atoms with van der Waals surface area (Å²) in [6.45, 7) is 14.0. The summed E-state index contributed by atoms with van der Waals surface area (Å²) in [6.07, 6.45) is -1.21. The van der Waals surface area contributed by atoms with Crippen molar-refractivity contribution in [3.8, 4) is 0 Å². The number of fused-ring (bicyclic) bond motifs is 6. The molecule has 1 N–H and O–H groups in total. The van der Waals surface area contributed by atoms with Gasteiger partial charge in [-0.05, 0) is 97.5 Å². The fourth-order valence-electron chi connectivity index (χ4n) is 9.85. The first-order chi connectivity index (χ1) is 35.6. The molecule has 0 fully saturated rings. The molecule has 4 aromatic carbocycles. The first-order valence-electron chi connectivity index (χ1n) is 24.8. The molecule has 0 aliphatic carbocycles. The van der Waals surface area contributed by atoms with Crippen LogP contribution in [0.2, 0.25) is 28.2 Å². The van der Waals surface area contributed by atoms with Gasteiger partial charge in [-0.15, -0.1) is 0 Å². The minimum absolute atomic E-state index is 0.0292. The number of β-amino-alcohol motifs (C(OH)–C–C–N with tert-alkyl or cyclic N) is 1. The molecule has 0 spiro atoms. The molecule has 4 aliphatic rings. The Morgan fingerprint density at radius 1 is 0.613 bits per heavy atom. The van der Waals surface area contributed by atoms with Crippen molar-refractivity contribution in [3.05, 3.63) is 182 Å². The van der Waals surface area contributed by atoms with E-state index < -0.39 is 14.4 Å². The van der Waals surface area contributed by atoms with Crippen LogP contribution in [0.4, 0.5) is 0 Å². The third-order valence-electron chi connectivity index (χ3n) is 14.8. The van der Waals surface area contributed by atoms with E-state index in [4.69, 9.17) is 27.6 Å². The SMILES string of the molecule is CC(C)(C)[Si](C)(C)OC1CN(Cc2ccccc2)C(=O)c2c3n(c(=O)n2C1)CCN(C(=O)c1ccc(Br)c(Cl)c1)C3.O=C(c1ccc(Br)c(Cl)c1)N1CCn2c(c3n(c2=O)CC(O)CN(Cc2ccccc2)C3=O)C1. The van der Waals surface area contributed by atoms with Gasteiger partial charge in [0.2, 0.25) is 0 Å². The summed E-state index contributed by atoms with van der Waals surface area (Å²) in [4.78, 5) is 88.0. The van der Waals surface area contributed by atoms with Crippen LogP contribution in [0.5, 0.6) is 0 Å². The molecule has 21 heteroatoms. The van der Waals surface area contributed by atoms with Crippen LogP contribution in [0.1, 0.15) is 85.0 Å². The molecule has 16 nitrogen and oxygen atoms in total. The largest absolute Gasteiger partial charge is 0.410 e. The van der Waals surface area contributed by atoms with E-state index in [2.05, 4.69) is 65.7 Å². The van der Waals surface area contributed by atoms with Crippen LogP contribution < -0.4 is 11.4 Å². The molecule has 75 heavy (non-hydrogen) atoms. The van der Waals surface area contributed by atoms with Crippen molar-refractivity contribution in [2.24, 2.45) is 0 Å². The quantitative estimate of drug-likeness (QED) is 0.148. The van der Waals surface area contributed by atoms with Crippen LogP contribution >= 0.6 is 55.1 Å². The molecule has 4 aliphatic heterocycles. The van der Waals surface area contributed by atoms with Gasteiger partial charge in [-0.25, -0.2) is 9.59 Å². The molecule has 4 amide bonds. The fraction of sp³-hybridized carbons (Fsp3) is 0.370. The highest BCUT2D eigenvalue weighted by Gasteiger charge is 2.43. The Balaban J connectivity index is 0.000000187. The molecule has 394 valence electrons. The summed E-state index contributed by atoms with van der Waals surface area (Å²) in [5, 5.41) is 11.4. The summed E-state index contributed by atoms with van der Waals surface area (Å²) >= 11 is 19.1. The Hall–Kier alpha value is -5.54. The number of amides is 4. The van der Waals surface area contributed by atoms with Gasteiger partial charge < -0.3 is 29.1 Å². The molecule has 6 aromatic rings. The smallest absolute Gasteiger partial charge is 0.329 e. The number of halogens is 4. The van der Waals surface area contributed by atoms with Crippen LogP contribution in [-0.4, -0.2) is 113 Å². The lowest BCUT2D eigenvalue weighted by Gasteiger charge is -2.39. The van der Waals surface area contributed by atoms with E-state index in [0.29, 0.717) is 86.5 Å². The number of aliphatic hydroxyl groups is 1. The van der Waals surface area contributed by atoms with Crippen molar-refractivity contribution in [3.63, 3.8) is 0 Å². The summed E-state index contributed by atoms with van der Waals surface area (Å²) in [6, 6.07) is 29.4. The van der Waals surface area contributed by atoms with Gasteiger partial charge in [-0.1, -0.05) is 105 Å². The maximum absolute atomic E-state index is 14.2. The molecule has 10 rings (SSSR count). The summed E-state index contributed by atoms with van der Waals surface area (Å²) in [7, 11) is -2.21. The molecule has 2 unspecified atom stereocenters. The van der Waals surface area contributed by atoms with E-state index in [1.807, 2.05) is 60.7 Å². The molecule has 0 radical (unpaired) electrons. The Bertz CT molecular complexity index is 3320. The first kappa shape index (κ1) is 54.3. The van der Waals surface area contributed by atoms with Gasteiger partial charge in [0.25, 0.3) is 23.6 Å². The van der Waals surface area contributed by atoms with E-state index in [1.165, 1.54) is 4.57 Å². The van der Waals surface area contributed by atoms with E-state index in [-0.39, 0.29) is 91.1 Å². The average molecular weight is 1210 g/mol. The lowest BCUT2D eigenvalue weighted by atomic mass is 10.1. The van der Waals surface area contributed by atoms with Gasteiger partial charge in [-0.3, -0.25) is 37.4 Å². The van der Waals surface area contributed by atoms with Crippen molar-refractivity contribution in [1.82, 2.24) is 37.9 Å². The standard InChI is InChI=1S/C30H36BrClN4O4Si.C24H22BrClN4O4/c1-30(2,3)41(4,5)40-22-17-34(16-20-9-7-6-8-10-20)28(38)26-25-19-33(13-14-35(25)29(39)36(26)18-22)27(37)21-11-12-23(31)24(32)15-21;25-18-7-6-16(10-19(18)26)22(32)27-8-9-29-20(14-27)21-23(33)28(11-15-4-2-1-3-5-15)12-17(31)13-30(21)24(29)34/h6-12,15,22H,13-14,16-19H2,1-5H3;1-7,10,17,31H,8-9,11-14H2. The fourth-order valence-corrected chi connectivity index (χ4v) is 12.0. The normalized spacial score (nSPS) is 17.8. The second-order valence-corrected chi connectivity index (χ2v) is 28.2. The average Bonchev–Trinajstić information content (AvgIpc) is 3.72. The number of nitrogens with zero attached hydrogens (tertiary/aromatic N) is 8. The molecule has 2 atom stereocenters. The predicted molar refractivity (Wildman–Crippen MR) is 296 cm³/mol. The molecule has 0 saturated carbocycles. The van der Waals surface area contributed by atoms with Crippen molar-refractivity contribution in [2.45, 2.75) is 103 Å². The molecular formula is C54H58Br2Cl2N8O8Si. The lowest BCUT2D eigenvalue weighted by Crippen LogP contribution is -2.48. The van der Waals surface area contributed by atoms with Crippen molar-refractivity contribution < 1.29 is 28.7 Å². The third kappa shape index (κ3) is 11.2. The van der Waals surface area contributed by atoms with Crippen LogP contribution in [0.15, 0.2) is 116 Å². The number of carbonyl (C=O) groups is 4. The van der Waals surface area contributed by atoms with Gasteiger partial charge in [0.15, 0.2) is 8.32 Å². The summed E-state index contributed by atoms with van der Waals surface area (Å²) < 4.78 is 14.4. The predicted octanol–water partition coefficient (Wildman–Crippen LogP) is 8.51. The number of carbonyl (C=O) groups excluding carboxylic acids is 4. The number of benzene rings is 4. The van der Waals surface area contributed by atoms with Crippen molar-refractivity contribution in [1.29, 1.82) is 0 Å². The second-order valence-electron chi connectivity index (χ2n) is 20.9. The minimum atomic E-state index is -2.21. The maximum Gasteiger partial charge on any atom is 0.329 e. The number of hydrogen-bond donors (Lipinski definition) is 1. The highest BCUT2D eigenvalue weighted by molar-refractivity contribution is 9.10. The molecular weight excluding hydrogens is 1150 g/mol. The maximum atomic E-state index is 14.2. The molecule has 0 bridgehead atoms. The number of aliphatic hydroxyl groups excluding tert-OH is 1. The van der Waals surface area contributed by atoms with Crippen LogP contribution in [0.25, 0.3) is 0 Å². The Morgan fingerprint density at radius 2 is 1.04 bits per heavy atom. The van der Waals surface area contributed by atoms with Crippen molar-refractivity contribution in [2.75, 3.05) is 26.2 Å². The number of aromatic nitrogens is 4. The van der Waals surface area contributed by atoms with Gasteiger partial charge in [0.1, 0.15) is 11.4 Å². The number of imidazole rings is 2. The van der Waals surface area contributed by atoms with Gasteiger partial charge >= 0.3 is 11.4 Å². The summed E-state index contributed by atoms with van der Waals surface area (Å²) in [5.74, 6) is -0.969. The monoisotopic (exact) mass is 1200 g/mol. The van der Waals surface area contributed by atoms with E-state index in [0.717, 1.165) is 11.1 Å². The van der Waals surface area contributed by atoms with Gasteiger partial charge in [-0.2, -0.15) is 0 Å². The van der Waals surface area contributed by atoms with Crippen LogP contribution in [-0.2, 0) is 56.8 Å². The summed E-state index contributed by atoms with van der Waals surface area (Å²) in [5.41, 5.74) is 3.89. The zero-order valence-corrected chi connectivity index (χ0v) is 48.0. The highest BCUT2D eigenvalue weighted by Crippen LogP contribution is 2.38. The van der Waals surface area contributed by atoms with E-state index in [9.17, 15) is 33.9 Å². The minimum Gasteiger partial charge on any atom is -0.410 e. The van der Waals surface area contributed by atoms with E-state index >= 15 is 0 Å². The zero-order chi connectivity index (χ0) is 53.7. The Kier molecular flexibility index (Phi) is 15.8. The molecule has 6 heterocycles.